The van der Waals surface area contributed by atoms with Crippen molar-refractivity contribution in [3.63, 3.8) is 0 Å². The van der Waals surface area contributed by atoms with E-state index in [0.29, 0.717) is 24.4 Å². The molecule has 0 spiro atoms. The summed E-state index contributed by atoms with van der Waals surface area (Å²) >= 11 is 6.07. The molecule has 4 N–H and O–H groups in total. The Bertz CT molecular complexity index is 1490. The number of halogens is 1. The summed E-state index contributed by atoms with van der Waals surface area (Å²) in [4.78, 5) is 2.39. The number of ether oxygens (including phenoxy) is 2. The summed E-state index contributed by atoms with van der Waals surface area (Å²) in [5, 5.41) is 21.6. The fourth-order valence-electron chi connectivity index (χ4n) is 6.19. The van der Waals surface area contributed by atoms with Crippen LogP contribution in [0.5, 0.6) is 0 Å². The molecule has 6 rings (SSSR count). The van der Waals surface area contributed by atoms with Crippen LogP contribution < -0.4 is 5.73 Å². The Morgan fingerprint density at radius 3 is 2.19 bits per heavy atom. The second-order valence-corrected chi connectivity index (χ2v) is 12.2. The molecule has 0 unspecified atom stereocenters. The Morgan fingerprint density at radius 1 is 0.814 bits per heavy atom. The molecule has 2 aliphatic rings. The first-order valence-electron chi connectivity index (χ1n) is 15.0. The largest absolute Gasteiger partial charge is 0.392 e. The molecule has 6 nitrogen and oxygen atoms in total. The topological polar surface area (TPSA) is 88.2 Å². The molecule has 43 heavy (non-hydrogen) atoms. The summed E-state index contributed by atoms with van der Waals surface area (Å²) in [6, 6.07) is 32.2. The van der Waals surface area contributed by atoms with E-state index in [-0.39, 0.29) is 18.8 Å². The van der Waals surface area contributed by atoms with Gasteiger partial charge in [0.15, 0.2) is 6.29 Å². The molecule has 0 bridgehead atoms. The summed E-state index contributed by atoms with van der Waals surface area (Å²) in [6.45, 7) is 2.83. The van der Waals surface area contributed by atoms with Crippen molar-refractivity contribution in [1.29, 1.82) is 0 Å². The molecule has 0 aliphatic carbocycles. The first kappa shape index (κ1) is 30.0. The molecule has 3 atom stereocenters. The zero-order chi connectivity index (χ0) is 29.8. The third-order valence-corrected chi connectivity index (χ3v) is 9.07. The van der Waals surface area contributed by atoms with Gasteiger partial charge in [-0.05, 0) is 64.4 Å². The minimum atomic E-state index is -0.845. The van der Waals surface area contributed by atoms with Crippen molar-refractivity contribution in [3.05, 3.63) is 130 Å². The lowest BCUT2D eigenvalue weighted by atomic mass is 9.84. The van der Waals surface area contributed by atoms with Gasteiger partial charge in [-0.15, -0.1) is 0 Å². The van der Waals surface area contributed by atoms with Gasteiger partial charge in [0, 0.05) is 43.2 Å². The van der Waals surface area contributed by atoms with Gasteiger partial charge in [-0.3, -0.25) is 0 Å². The van der Waals surface area contributed by atoms with E-state index in [4.69, 9.17) is 26.8 Å². The van der Waals surface area contributed by atoms with E-state index in [1.807, 2.05) is 60.7 Å². The number of benzene rings is 4. The molecule has 7 heteroatoms. The summed E-state index contributed by atoms with van der Waals surface area (Å²) in [6.07, 6.45) is 1.32. The molecule has 4 aromatic carbocycles. The Hall–Kier alpha value is -3.07. The lowest BCUT2D eigenvalue weighted by Gasteiger charge is -2.42. The Kier molecular flexibility index (Phi) is 9.26. The van der Waals surface area contributed by atoms with Gasteiger partial charge in [0.25, 0.3) is 0 Å². The van der Waals surface area contributed by atoms with Crippen molar-refractivity contribution in [2.24, 2.45) is 5.73 Å². The summed E-state index contributed by atoms with van der Waals surface area (Å²) in [7, 11) is 0. The first-order valence-corrected chi connectivity index (χ1v) is 15.4. The van der Waals surface area contributed by atoms with Gasteiger partial charge in [-0.1, -0.05) is 90.5 Å². The maximum absolute atomic E-state index is 11.4. The van der Waals surface area contributed by atoms with Crippen molar-refractivity contribution < 1.29 is 19.7 Å². The van der Waals surface area contributed by atoms with Gasteiger partial charge in [-0.25, -0.2) is 0 Å². The predicted octanol–water partition coefficient (Wildman–Crippen LogP) is 6.49. The standard InChI is InChI=1S/C36H39ClN2O4/c37-32-14-12-31(13-15-32)36(41)16-18-39(19-17-36)23-33-21-34(28-6-4-25(24-40)5-7-28)43-35(42-33)29-10-8-27(9-11-29)30-3-1-2-26(20-30)22-38/h1-15,20,33-35,40-41H,16-19,21-24,38H2/t33-,34+,35+/m1/s1. The highest BCUT2D eigenvalue weighted by Crippen LogP contribution is 2.40. The fraction of sp³-hybridized carbons (Fsp3) is 0.333. The highest BCUT2D eigenvalue weighted by molar-refractivity contribution is 6.30. The van der Waals surface area contributed by atoms with Crippen LogP contribution in [0.1, 0.15) is 59.5 Å². The third-order valence-electron chi connectivity index (χ3n) is 8.82. The molecular formula is C36H39ClN2O4. The van der Waals surface area contributed by atoms with E-state index >= 15 is 0 Å². The van der Waals surface area contributed by atoms with Crippen LogP contribution in [0.15, 0.2) is 97.1 Å². The molecule has 0 aromatic heterocycles. The lowest BCUT2D eigenvalue weighted by Crippen LogP contribution is -2.46. The molecule has 2 fully saturated rings. The number of hydrogen-bond acceptors (Lipinski definition) is 6. The smallest absolute Gasteiger partial charge is 0.184 e. The average molecular weight is 599 g/mol. The van der Waals surface area contributed by atoms with Gasteiger partial charge >= 0.3 is 0 Å². The highest BCUT2D eigenvalue weighted by Gasteiger charge is 2.37. The van der Waals surface area contributed by atoms with Crippen LogP contribution in [0.4, 0.5) is 0 Å². The number of rotatable bonds is 8. The van der Waals surface area contributed by atoms with Crippen molar-refractivity contribution in [2.45, 2.75) is 56.5 Å². The minimum absolute atomic E-state index is 0.0119. The number of likely N-dealkylation sites (tertiary alicyclic amines) is 1. The number of piperidine rings is 1. The quantitative estimate of drug-likeness (QED) is 0.215. The van der Waals surface area contributed by atoms with E-state index in [1.54, 1.807) is 0 Å². The van der Waals surface area contributed by atoms with Crippen LogP contribution in [-0.2, 0) is 28.2 Å². The first-order chi connectivity index (χ1) is 20.9. The van der Waals surface area contributed by atoms with Crippen LogP contribution in [-0.4, -0.2) is 40.9 Å². The summed E-state index contributed by atoms with van der Waals surface area (Å²) < 4.78 is 13.2. The Labute approximate surface area is 258 Å². The maximum atomic E-state index is 11.4. The summed E-state index contributed by atoms with van der Waals surface area (Å²) in [5.41, 5.74) is 12.2. The second kappa shape index (κ2) is 13.3. The molecule has 0 radical (unpaired) electrons. The fourth-order valence-corrected chi connectivity index (χ4v) is 6.31. The van der Waals surface area contributed by atoms with Crippen LogP contribution >= 0.6 is 11.6 Å². The lowest BCUT2D eigenvalue weighted by molar-refractivity contribution is -0.253. The van der Waals surface area contributed by atoms with Crippen LogP contribution in [0.2, 0.25) is 5.02 Å². The number of aliphatic hydroxyl groups is 2. The summed E-state index contributed by atoms with van der Waals surface area (Å²) in [5.74, 6) is 0. The van der Waals surface area contributed by atoms with E-state index in [0.717, 1.165) is 65.0 Å². The SMILES string of the molecule is NCc1cccc(-c2ccc([C@H]3O[C@@H](CN4CCC(O)(c5ccc(Cl)cc5)CC4)C[C@@H](c4ccc(CO)cc4)O3)cc2)c1. The molecule has 2 heterocycles. The molecule has 0 amide bonds. The van der Waals surface area contributed by atoms with Crippen molar-refractivity contribution in [1.82, 2.24) is 4.90 Å². The third kappa shape index (κ3) is 7.03. The zero-order valence-electron chi connectivity index (χ0n) is 24.2. The normalized spacial score (nSPS) is 22.4. The van der Waals surface area contributed by atoms with Gasteiger partial charge in [0.05, 0.1) is 24.4 Å². The van der Waals surface area contributed by atoms with Crippen LogP contribution in [0.25, 0.3) is 11.1 Å². The van der Waals surface area contributed by atoms with Crippen LogP contribution in [0, 0.1) is 0 Å². The van der Waals surface area contributed by atoms with Gasteiger partial charge in [0.1, 0.15) is 0 Å². The predicted molar refractivity (Wildman–Crippen MR) is 169 cm³/mol. The second-order valence-electron chi connectivity index (χ2n) is 11.7. The molecule has 0 saturated carbocycles. The maximum Gasteiger partial charge on any atom is 0.184 e. The monoisotopic (exact) mass is 598 g/mol. The number of nitrogens with zero attached hydrogens (tertiary/aromatic N) is 1. The van der Waals surface area contributed by atoms with Crippen molar-refractivity contribution in [2.75, 3.05) is 19.6 Å². The molecule has 2 saturated heterocycles. The molecule has 4 aromatic rings. The Morgan fingerprint density at radius 2 is 1.51 bits per heavy atom. The van der Waals surface area contributed by atoms with Gasteiger partial charge in [-0.2, -0.15) is 0 Å². The van der Waals surface area contributed by atoms with Crippen LogP contribution in [0.3, 0.4) is 0 Å². The minimum Gasteiger partial charge on any atom is -0.392 e. The van der Waals surface area contributed by atoms with E-state index in [9.17, 15) is 10.2 Å². The van der Waals surface area contributed by atoms with E-state index < -0.39 is 11.9 Å². The van der Waals surface area contributed by atoms with Crippen molar-refractivity contribution >= 4 is 11.6 Å². The Balaban J connectivity index is 1.18. The average Bonchev–Trinajstić information content (AvgIpc) is 3.06. The highest BCUT2D eigenvalue weighted by atomic mass is 35.5. The number of aliphatic hydroxyl groups excluding tert-OH is 1. The number of nitrogens with two attached hydrogens (primary N) is 1. The van der Waals surface area contributed by atoms with Gasteiger partial charge < -0.3 is 30.3 Å². The molecule has 224 valence electrons. The van der Waals surface area contributed by atoms with Crippen molar-refractivity contribution in [3.8, 4) is 11.1 Å². The van der Waals surface area contributed by atoms with E-state index in [2.05, 4.69) is 41.3 Å². The molecular weight excluding hydrogens is 560 g/mol. The zero-order valence-corrected chi connectivity index (χ0v) is 25.0. The van der Waals surface area contributed by atoms with Gasteiger partial charge in [0.2, 0.25) is 0 Å². The van der Waals surface area contributed by atoms with E-state index in [1.165, 1.54) is 0 Å². The molecule has 2 aliphatic heterocycles. The number of hydrogen-bond donors (Lipinski definition) is 3.